The van der Waals surface area contributed by atoms with Crippen LogP contribution in [-0.2, 0) is 25.8 Å². The number of hydrogen-bond donors (Lipinski definition) is 1. The lowest BCUT2D eigenvalue weighted by atomic mass is 10.1. The summed E-state index contributed by atoms with van der Waals surface area (Å²) in [5.74, 6) is -0.200. The highest BCUT2D eigenvalue weighted by molar-refractivity contribution is 9.10. The van der Waals surface area contributed by atoms with E-state index in [0.717, 1.165) is 35.1 Å². The normalized spacial score (nSPS) is 11.1. The van der Waals surface area contributed by atoms with Gasteiger partial charge in [0, 0.05) is 15.7 Å². The van der Waals surface area contributed by atoms with Crippen LogP contribution < -0.4 is 5.73 Å². The van der Waals surface area contributed by atoms with Gasteiger partial charge in [-0.25, -0.2) is 4.39 Å². The molecule has 0 bridgehead atoms. The van der Waals surface area contributed by atoms with Crippen LogP contribution in [0.2, 0.25) is 0 Å². The van der Waals surface area contributed by atoms with E-state index >= 15 is 0 Å². The minimum atomic E-state index is -0.200. The van der Waals surface area contributed by atoms with Crippen molar-refractivity contribution in [3.63, 3.8) is 0 Å². The predicted molar refractivity (Wildman–Crippen MR) is 86.9 cm³/mol. The molecule has 0 radical (unpaired) electrons. The first kappa shape index (κ1) is 16.2. The highest BCUT2D eigenvalue weighted by Crippen LogP contribution is 2.21. The maximum Gasteiger partial charge on any atom is 0.128 e. The van der Waals surface area contributed by atoms with Gasteiger partial charge in [-0.2, -0.15) is 5.10 Å². The molecule has 0 aliphatic rings. The fourth-order valence-corrected chi connectivity index (χ4v) is 3.07. The zero-order chi connectivity index (χ0) is 15.4. The molecule has 0 amide bonds. The molecule has 2 N–H and O–H groups in total. The summed E-state index contributed by atoms with van der Waals surface area (Å²) in [4.78, 5) is 0. The van der Waals surface area contributed by atoms with Crippen molar-refractivity contribution in [2.24, 2.45) is 5.73 Å². The summed E-state index contributed by atoms with van der Waals surface area (Å²) in [5, 5.41) is 4.66. The third kappa shape index (κ3) is 3.52. The summed E-state index contributed by atoms with van der Waals surface area (Å²) in [6, 6.07) is 5.00. The molecule has 0 saturated carbocycles. The fourth-order valence-electron chi connectivity index (χ4n) is 2.66. The number of rotatable bonds is 6. The van der Waals surface area contributed by atoms with Crippen LogP contribution in [0.15, 0.2) is 22.7 Å². The monoisotopic (exact) mass is 353 g/mol. The molecule has 0 fully saturated rings. The highest BCUT2D eigenvalue weighted by atomic mass is 79.9. The van der Waals surface area contributed by atoms with Crippen molar-refractivity contribution in [2.45, 2.75) is 39.7 Å². The van der Waals surface area contributed by atoms with E-state index in [0.29, 0.717) is 18.7 Å². The SMILES string of the molecule is CCc1nn(Cc2cc(Br)ccc2F)c(CC)c1CCN. The largest absolute Gasteiger partial charge is 0.330 e. The van der Waals surface area contributed by atoms with Crippen LogP contribution in [0.3, 0.4) is 0 Å². The number of benzene rings is 1. The molecule has 21 heavy (non-hydrogen) atoms. The van der Waals surface area contributed by atoms with Crippen molar-refractivity contribution >= 4 is 15.9 Å². The van der Waals surface area contributed by atoms with Gasteiger partial charge in [0.1, 0.15) is 5.82 Å². The number of aromatic nitrogens is 2. The van der Waals surface area contributed by atoms with E-state index in [1.807, 2.05) is 10.7 Å². The van der Waals surface area contributed by atoms with Crippen molar-refractivity contribution in [3.8, 4) is 0 Å². The first-order valence-electron chi connectivity index (χ1n) is 7.32. The lowest BCUT2D eigenvalue weighted by molar-refractivity contribution is 0.573. The van der Waals surface area contributed by atoms with E-state index in [1.165, 1.54) is 11.6 Å². The molecule has 0 unspecified atom stereocenters. The Morgan fingerprint density at radius 3 is 2.67 bits per heavy atom. The van der Waals surface area contributed by atoms with E-state index in [-0.39, 0.29) is 5.82 Å². The van der Waals surface area contributed by atoms with Gasteiger partial charge in [-0.15, -0.1) is 0 Å². The maximum absolute atomic E-state index is 13.9. The summed E-state index contributed by atoms with van der Waals surface area (Å²) in [5.41, 5.74) is 9.83. The van der Waals surface area contributed by atoms with Crippen molar-refractivity contribution in [1.29, 1.82) is 0 Å². The number of aryl methyl sites for hydroxylation is 1. The Kier molecular flexibility index (Phi) is 5.53. The lowest BCUT2D eigenvalue weighted by Gasteiger charge is -2.09. The van der Waals surface area contributed by atoms with Gasteiger partial charge >= 0.3 is 0 Å². The van der Waals surface area contributed by atoms with Gasteiger partial charge in [0.25, 0.3) is 0 Å². The summed E-state index contributed by atoms with van der Waals surface area (Å²) in [6.07, 6.45) is 2.57. The number of hydrogen-bond acceptors (Lipinski definition) is 2. The van der Waals surface area contributed by atoms with Crippen molar-refractivity contribution in [1.82, 2.24) is 9.78 Å². The molecule has 1 aromatic heterocycles. The van der Waals surface area contributed by atoms with E-state index in [2.05, 4.69) is 34.9 Å². The average Bonchev–Trinajstić information content (AvgIpc) is 2.80. The first-order chi connectivity index (χ1) is 10.1. The van der Waals surface area contributed by atoms with Crippen LogP contribution in [0, 0.1) is 5.82 Å². The molecular formula is C16H21BrFN3. The highest BCUT2D eigenvalue weighted by Gasteiger charge is 2.16. The Balaban J connectivity index is 2.41. The Morgan fingerprint density at radius 2 is 2.05 bits per heavy atom. The van der Waals surface area contributed by atoms with Gasteiger partial charge < -0.3 is 5.73 Å². The van der Waals surface area contributed by atoms with Gasteiger partial charge in [-0.1, -0.05) is 29.8 Å². The predicted octanol–water partition coefficient (Wildman–Crippen LogP) is 3.46. The Labute approximate surface area is 133 Å². The summed E-state index contributed by atoms with van der Waals surface area (Å²) in [6.45, 7) is 5.25. The third-order valence-corrected chi connectivity index (χ3v) is 4.13. The van der Waals surface area contributed by atoms with E-state index in [4.69, 9.17) is 5.73 Å². The smallest absolute Gasteiger partial charge is 0.128 e. The molecule has 0 aliphatic heterocycles. The molecule has 0 atom stereocenters. The van der Waals surface area contributed by atoms with Crippen molar-refractivity contribution in [3.05, 3.63) is 51.0 Å². The van der Waals surface area contributed by atoms with Crippen molar-refractivity contribution < 1.29 is 4.39 Å². The van der Waals surface area contributed by atoms with E-state index in [9.17, 15) is 4.39 Å². The summed E-state index contributed by atoms with van der Waals surface area (Å²) >= 11 is 3.39. The number of nitrogens with two attached hydrogens (primary N) is 1. The molecule has 0 saturated heterocycles. The summed E-state index contributed by atoms with van der Waals surface area (Å²) in [7, 11) is 0. The van der Waals surface area contributed by atoms with Crippen LogP contribution in [-0.4, -0.2) is 16.3 Å². The van der Waals surface area contributed by atoms with Crippen LogP contribution >= 0.6 is 15.9 Å². The molecule has 114 valence electrons. The fraction of sp³-hybridized carbons (Fsp3) is 0.438. The van der Waals surface area contributed by atoms with Gasteiger partial charge in [-0.3, -0.25) is 4.68 Å². The van der Waals surface area contributed by atoms with Crippen LogP contribution in [0.1, 0.15) is 36.4 Å². The summed E-state index contributed by atoms with van der Waals surface area (Å²) < 4.78 is 16.7. The maximum atomic E-state index is 13.9. The second kappa shape index (κ2) is 7.18. The van der Waals surface area contributed by atoms with Gasteiger partial charge in [0.2, 0.25) is 0 Å². The minimum Gasteiger partial charge on any atom is -0.330 e. The molecule has 1 aromatic carbocycles. The lowest BCUT2D eigenvalue weighted by Crippen LogP contribution is -2.10. The number of nitrogens with zero attached hydrogens (tertiary/aromatic N) is 2. The van der Waals surface area contributed by atoms with Crippen LogP contribution in [0.5, 0.6) is 0 Å². The van der Waals surface area contributed by atoms with Crippen LogP contribution in [0.4, 0.5) is 4.39 Å². The van der Waals surface area contributed by atoms with Gasteiger partial charge in [-0.05, 0) is 49.6 Å². The van der Waals surface area contributed by atoms with E-state index in [1.54, 1.807) is 6.07 Å². The molecular weight excluding hydrogens is 333 g/mol. The molecule has 0 spiro atoms. The number of halogens is 2. The van der Waals surface area contributed by atoms with Crippen LogP contribution in [0.25, 0.3) is 0 Å². The minimum absolute atomic E-state index is 0.200. The second-order valence-electron chi connectivity index (χ2n) is 5.01. The standard InChI is InChI=1S/C16H21BrFN3/c1-3-15-13(7-8-19)16(4-2)21(20-15)10-11-9-12(17)5-6-14(11)18/h5-6,9H,3-4,7-8,10,19H2,1-2H3. The molecule has 1 heterocycles. The quantitative estimate of drug-likeness (QED) is 0.864. The molecule has 3 nitrogen and oxygen atoms in total. The van der Waals surface area contributed by atoms with Gasteiger partial charge in [0.05, 0.1) is 12.2 Å². The Hall–Kier alpha value is -1.20. The molecule has 0 aliphatic carbocycles. The topological polar surface area (TPSA) is 43.8 Å². The zero-order valence-electron chi connectivity index (χ0n) is 12.5. The Bertz CT molecular complexity index is 622. The molecule has 2 rings (SSSR count). The zero-order valence-corrected chi connectivity index (χ0v) is 14.1. The molecule has 2 aromatic rings. The molecule has 5 heteroatoms. The van der Waals surface area contributed by atoms with Crippen molar-refractivity contribution in [2.75, 3.05) is 6.54 Å². The first-order valence-corrected chi connectivity index (χ1v) is 8.11. The second-order valence-corrected chi connectivity index (χ2v) is 5.93. The average molecular weight is 354 g/mol. The van der Waals surface area contributed by atoms with E-state index < -0.39 is 0 Å². The Morgan fingerprint density at radius 1 is 1.29 bits per heavy atom. The van der Waals surface area contributed by atoms with Gasteiger partial charge in [0.15, 0.2) is 0 Å². The third-order valence-electron chi connectivity index (χ3n) is 3.64.